The number of nitrogens with zero attached hydrogens (tertiary/aromatic N) is 2. The van der Waals surface area contributed by atoms with Gasteiger partial charge in [0.05, 0.1) is 12.6 Å². The van der Waals surface area contributed by atoms with Crippen molar-refractivity contribution in [3.05, 3.63) is 114 Å². The van der Waals surface area contributed by atoms with Gasteiger partial charge in [-0.2, -0.15) is 0 Å². The summed E-state index contributed by atoms with van der Waals surface area (Å²) in [5.74, 6) is -0.509. The zero-order valence-electron chi connectivity index (χ0n) is 17.5. The van der Waals surface area contributed by atoms with E-state index in [0.29, 0.717) is 19.5 Å². The second kappa shape index (κ2) is 10.3. The number of imidazole rings is 1. The topological polar surface area (TPSA) is 89.2 Å². The first-order valence-electron chi connectivity index (χ1n) is 10.4. The van der Waals surface area contributed by atoms with Crippen LogP contribution in [0.5, 0.6) is 0 Å². The zero-order valence-corrected chi connectivity index (χ0v) is 17.5. The highest BCUT2D eigenvalue weighted by Crippen LogP contribution is 2.09. The van der Waals surface area contributed by atoms with Gasteiger partial charge in [-0.1, -0.05) is 54.6 Å². The fourth-order valence-corrected chi connectivity index (χ4v) is 3.44. The van der Waals surface area contributed by atoms with E-state index in [9.17, 15) is 9.59 Å². The molecule has 0 bridgehead atoms. The van der Waals surface area contributed by atoms with E-state index in [2.05, 4.69) is 15.6 Å². The number of nitrogens with one attached hydrogen (secondary N) is 2. The molecule has 2 aromatic heterocycles. The average molecular weight is 428 g/mol. The number of hydrogen-bond donors (Lipinski definition) is 2. The smallest absolute Gasteiger partial charge is 0.287 e. The lowest BCUT2D eigenvalue weighted by Gasteiger charge is -2.18. The molecule has 2 aromatic carbocycles. The van der Waals surface area contributed by atoms with Crippen molar-refractivity contribution in [3.8, 4) is 0 Å². The number of carbonyl (C=O) groups is 2. The van der Waals surface area contributed by atoms with E-state index >= 15 is 0 Å². The van der Waals surface area contributed by atoms with E-state index in [0.717, 1.165) is 16.7 Å². The third-order valence-corrected chi connectivity index (χ3v) is 5.03. The number of amides is 2. The van der Waals surface area contributed by atoms with Gasteiger partial charge in [-0.3, -0.25) is 9.59 Å². The molecular formula is C25H24N4O3. The number of carbonyl (C=O) groups excluding carboxylic acids is 2. The SMILES string of the molecule is O=C(NC(Cc1ccccc1)C(=O)NCc1cccc(Cn2ccnc2)c1)c1ccco1. The van der Waals surface area contributed by atoms with Crippen LogP contribution in [0.1, 0.15) is 27.2 Å². The Kier molecular flexibility index (Phi) is 6.77. The van der Waals surface area contributed by atoms with Crippen molar-refractivity contribution >= 4 is 11.8 Å². The van der Waals surface area contributed by atoms with Gasteiger partial charge in [0.2, 0.25) is 5.91 Å². The van der Waals surface area contributed by atoms with E-state index in [4.69, 9.17) is 4.42 Å². The maximum atomic E-state index is 13.0. The van der Waals surface area contributed by atoms with Crippen molar-refractivity contribution in [1.29, 1.82) is 0 Å². The molecule has 4 rings (SSSR count). The molecule has 2 amide bonds. The number of furan rings is 1. The van der Waals surface area contributed by atoms with Gasteiger partial charge in [0.1, 0.15) is 6.04 Å². The lowest BCUT2D eigenvalue weighted by atomic mass is 10.0. The van der Waals surface area contributed by atoms with Crippen LogP contribution in [0.15, 0.2) is 96.1 Å². The van der Waals surface area contributed by atoms with Crippen molar-refractivity contribution in [1.82, 2.24) is 20.2 Å². The second-order valence-electron chi connectivity index (χ2n) is 7.47. The quantitative estimate of drug-likeness (QED) is 0.429. The Morgan fingerprint density at radius 3 is 2.53 bits per heavy atom. The third-order valence-electron chi connectivity index (χ3n) is 5.03. The molecule has 7 nitrogen and oxygen atoms in total. The molecule has 0 radical (unpaired) electrons. The summed E-state index contributed by atoms with van der Waals surface area (Å²) >= 11 is 0. The lowest BCUT2D eigenvalue weighted by molar-refractivity contribution is -0.123. The van der Waals surface area contributed by atoms with Crippen LogP contribution >= 0.6 is 0 Å². The molecule has 0 fully saturated rings. The molecule has 0 aliphatic heterocycles. The predicted molar refractivity (Wildman–Crippen MR) is 120 cm³/mol. The molecule has 7 heteroatoms. The molecule has 0 saturated carbocycles. The Morgan fingerprint density at radius 2 is 1.78 bits per heavy atom. The van der Waals surface area contributed by atoms with E-state index in [1.807, 2.05) is 65.4 Å². The second-order valence-corrected chi connectivity index (χ2v) is 7.47. The Bertz CT molecular complexity index is 1140. The molecule has 2 heterocycles. The normalized spacial score (nSPS) is 11.6. The van der Waals surface area contributed by atoms with Gasteiger partial charge in [0, 0.05) is 31.9 Å². The largest absolute Gasteiger partial charge is 0.459 e. The monoisotopic (exact) mass is 428 g/mol. The first kappa shape index (κ1) is 21.1. The van der Waals surface area contributed by atoms with E-state index < -0.39 is 11.9 Å². The molecular weight excluding hydrogens is 404 g/mol. The summed E-state index contributed by atoms with van der Waals surface area (Å²) in [6.07, 6.45) is 7.22. The molecule has 4 aromatic rings. The van der Waals surface area contributed by atoms with Crippen molar-refractivity contribution in [2.75, 3.05) is 0 Å². The van der Waals surface area contributed by atoms with E-state index in [-0.39, 0.29) is 11.7 Å². The summed E-state index contributed by atoms with van der Waals surface area (Å²) in [7, 11) is 0. The number of hydrogen-bond acceptors (Lipinski definition) is 4. The third kappa shape index (κ3) is 5.72. The Morgan fingerprint density at radius 1 is 0.969 bits per heavy atom. The Hall–Kier alpha value is -4.13. The van der Waals surface area contributed by atoms with Crippen molar-refractivity contribution < 1.29 is 14.0 Å². The summed E-state index contributed by atoms with van der Waals surface area (Å²) in [5, 5.41) is 5.74. The van der Waals surface area contributed by atoms with Crippen LogP contribution in [-0.4, -0.2) is 27.4 Å². The molecule has 1 atom stereocenters. The first-order chi connectivity index (χ1) is 15.7. The van der Waals surface area contributed by atoms with Crippen LogP contribution in [0.4, 0.5) is 0 Å². The average Bonchev–Trinajstić information content (AvgIpc) is 3.53. The van der Waals surface area contributed by atoms with Crippen LogP contribution in [0.3, 0.4) is 0 Å². The molecule has 0 aliphatic carbocycles. The van der Waals surface area contributed by atoms with E-state index in [1.165, 1.54) is 6.26 Å². The summed E-state index contributed by atoms with van der Waals surface area (Å²) in [4.78, 5) is 29.5. The van der Waals surface area contributed by atoms with Crippen molar-refractivity contribution in [3.63, 3.8) is 0 Å². The number of benzene rings is 2. The molecule has 32 heavy (non-hydrogen) atoms. The zero-order chi connectivity index (χ0) is 22.2. The Balaban J connectivity index is 1.41. The van der Waals surface area contributed by atoms with Gasteiger partial charge >= 0.3 is 0 Å². The van der Waals surface area contributed by atoms with Crippen LogP contribution in [0, 0.1) is 0 Å². The maximum Gasteiger partial charge on any atom is 0.287 e. The predicted octanol–water partition coefficient (Wildman–Crippen LogP) is 3.18. The summed E-state index contributed by atoms with van der Waals surface area (Å²) in [6, 6.07) is 20.1. The van der Waals surface area contributed by atoms with Gasteiger partial charge in [0.15, 0.2) is 5.76 Å². The molecule has 0 aliphatic rings. The van der Waals surface area contributed by atoms with Crippen molar-refractivity contribution in [2.24, 2.45) is 0 Å². The highest BCUT2D eigenvalue weighted by Gasteiger charge is 2.23. The highest BCUT2D eigenvalue weighted by molar-refractivity contribution is 5.95. The minimum absolute atomic E-state index is 0.170. The highest BCUT2D eigenvalue weighted by atomic mass is 16.3. The minimum atomic E-state index is -0.732. The fourth-order valence-electron chi connectivity index (χ4n) is 3.44. The maximum absolute atomic E-state index is 13.0. The standard InChI is InChI=1S/C25H24N4O3/c30-24(27-16-20-8-4-9-21(14-20)17-29-12-11-26-18-29)22(15-19-6-2-1-3-7-19)28-25(31)23-10-5-13-32-23/h1-14,18,22H,15-17H2,(H,27,30)(H,28,31). The summed E-state index contributed by atoms with van der Waals surface area (Å²) in [6.45, 7) is 1.07. The fraction of sp³-hybridized carbons (Fsp3) is 0.160. The lowest BCUT2D eigenvalue weighted by Crippen LogP contribution is -2.47. The van der Waals surface area contributed by atoms with Gasteiger partial charge < -0.3 is 19.6 Å². The minimum Gasteiger partial charge on any atom is -0.459 e. The Labute approximate surface area is 186 Å². The van der Waals surface area contributed by atoms with Gasteiger partial charge in [-0.05, 0) is 28.8 Å². The number of rotatable bonds is 9. The van der Waals surface area contributed by atoms with Gasteiger partial charge in [-0.25, -0.2) is 4.98 Å². The molecule has 0 spiro atoms. The number of aromatic nitrogens is 2. The molecule has 1 unspecified atom stereocenters. The van der Waals surface area contributed by atoms with Crippen LogP contribution in [0.25, 0.3) is 0 Å². The van der Waals surface area contributed by atoms with Crippen molar-refractivity contribution in [2.45, 2.75) is 25.6 Å². The molecule has 2 N–H and O–H groups in total. The summed E-state index contributed by atoms with van der Waals surface area (Å²) in [5.41, 5.74) is 3.04. The van der Waals surface area contributed by atoms with Crippen LogP contribution in [0.2, 0.25) is 0 Å². The van der Waals surface area contributed by atoms with Crippen LogP contribution < -0.4 is 10.6 Å². The van der Waals surface area contributed by atoms with Gasteiger partial charge in [-0.15, -0.1) is 0 Å². The molecule has 0 saturated heterocycles. The van der Waals surface area contributed by atoms with E-state index in [1.54, 1.807) is 24.7 Å². The summed E-state index contributed by atoms with van der Waals surface area (Å²) < 4.78 is 7.15. The molecule has 162 valence electrons. The van der Waals surface area contributed by atoms with Crippen LogP contribution in [-0.2, 0) is 24.3 Å². The first-order valence-corrected chi connectivity index (χ1v) is 10.4. The van der Waals surface area contributed by atoms with Gasteiger partial charge in [0.25, 0.3) is 5.91 Å².